The van der Waals surface area contributed by atoms with Crippen molar-refractivity contribution in [3.63, 3.8) is 0 Å². The lowest BCUT2D eigenvalue weighted by Gasteiger charge is -2.12. The Morgan fingerprint density at radius 1 is 0.853 bits per heavy atom. The molecule has 4 rings (SSSR count). The minimum absolute atomic E-state index is 0.141. The van der Waals surface area contributed by atoms with Gasteiger partial charge in [0, 0.05) is 35.1 Å². The normalized spacial score (nSPS) is 10.6. The van der Waals surface area contributed by atoms with Gasteiger partial charge in [0.05, 0.1) is 27.1 Å². The number of methoxy groups -OCH3 is 3. The van der Waals surface area contributed by atoms with Gasteiger partial charge in [-0.3, -0.25) is 9.36 Å². The number of hydrogen-bond acceptors (Lipinski definition) is 7. The van der Waals surface area contributed by atoms with Crippen molar-refractivity contribution in [1.29, 1.82) is 0 Å². The van der Waals surface area contributed by atoms with Crippen LogP contribution in [0.2, 0.25) is 0 Å². The Kier molecular flexibility index (Phi) is 7.34. The average molecular weight is 477 g/mol. The maximum absolute atomic E-state index is 12.7. The van der Waals surface area contributed by atoms with Crippen LogP contribution in [-0.2, 0) is 4.79 Å². The summed E-state index contributed by atoms with van der Waals surface area (Å²) in [5.41, 5.74) is 2.37. The fraction of sp³-hybridized carbons (Fsp3) is 0.160. The van der Waals surface area contributed by atoms with Crippen molar-refractivity contribution in [3.8, 4) is 34.3 Å². The highest BCUT2D eigenvalue weighted by Crippen LogP contribution is 2.30. The Hall–Kier alpha value is -3.98. The number of amides is 1. The number of anilines is 1. The van der Waals surface area contributed by atoms with Crippen LogP contribution >= 0.6 is 11.8 Å². The van der Waals surface area contributed by atoms with Gasteiger partial charge in [0.25, 0.3) is 0 Å². The Balaban J connectivity index is 1.57. The quantitative estimate of drug-likeness (QED) is 0.351. The van der Waals surface area contributed by atoms with Gasteiger partial charge in [-0.1, -0.05) is 42.1 Å². The van der Waals surface area contributed by atoms with Crippen molar-refractivity contribution >= 4 is 23.4 Å². The van der Waals surface area contributed by atoms with Gasteiger partial charge in [0.1, 0.15) is 17.2 Å². The number of nitrogens with one attached hydrogen (secondary N) is 1. The van der Waals surface area contributed by atoms with E-state index < -0.39 is 0 Å². The van der Waals surface area contributed by atoms with Crippen LogP contribution in [0.5, 0.6) is 17.2 Å². The monoisotopic (exact) mass is 476 g/mol. The molecule has 0 radical (unpaired) electrons. The molecule has 9 heteroatoms. The van der Waals surface area contributed by atoms with Gasteiger partial charge in [0.15, 0.2) is 11.0 Å². The number of hydrogen-bond donors (Lipinski definition) is 1. The lowest BCUT2D eigenvalue weighted by Crippen LogP contribution is -2.14. The molecule has 0 aliphatic rings. The second kappa shape index (κ2) is 10.8. The van der Waals surface area contributed by atoms with Gasteiger partial charge in [-0.2, -0.15) is 0 Å². The fourth-order valence-electron chi connectivity index (χ4n) is 3.31. The molecule has 0 saturated heterocycles. The fourth-order valence-corrected chi connectivity index (χ4v) is 4.06. The Morgan fingerprint density at radius 3 is 2.12 bits per heavy atom. The molecule has 0 spiro atoms. The summed E-state index contributed by atoms with van der Waals surface area (Å²) in [5, 5.41) is 12.3. The molecular weight excluding hydrogens is 452 g/mol. The third-order valence-corrected chi connectivity index (χ3v) is 5.89. The summed E-state index contributed by atoms with van der Waals surface area (Å²) in [7, 11) is 4.75. The number of rotatable bonds is 9. The highest BCUT2D eigenvalue weighted by atomic mass is 32.2. The van der Waals surface area contributed by atoms with E-state index in [0.29, 0.717) is 28.2 Å². The van der Waals surface area contributed by atoms with Crippen LogP contribution in [0.25, 0.3) is 17.1 Å². The average Bonchev–Trinajstić information content (AvgIpc) is 3.31. The van der Waals surface area contributed by atoms with Crippen molar-refractivity contribution < 1.29 is 19.0 Å². The molecule has 0 saturated carbocycles. The van der Waals surface area contributed by atoms with E-state index in [4.69, 9.17) is 14.2 Å². The minimum Gasteiger partial charge on any atom is -0.497 e. The van der Waals surface area contributed by atoms with Crippen LogP contribution in [0.15, 0.2) is 78.0 Å². The molecular formula is C25H24N4O4S. The highest BCUT2D eigenvalue weighted by Gasteiger charge is 2.17. The van der Waals surface area contributed by atoms with Gasteiger partial charge in [-0.05, 0) is 24.3 Å². The summed E-state index contributed by atoms with van der Waals surface area (Å²) in [5.74, 6) is 2.57. The molecule has 0 aliphatic heterocycles. The molecule has 0 fully saturated rings. The maximum atomic E-state index is 12.7. The molecule has 174 valence electrons. The second-order valence-corrected chi connectivity index (χ2v) is 8.09. The maximum Gasteiger partial charge on any atom is 0.234 e. The van der Waals surface area contributed by atoms with Crippen LogP contribution in [0.3, 0.4) is 0 Å². The van der Waals surface area contributed by atoms with E-state index >= 15 is 0 Å². The van der Waals surface area contributed by atoms with Gasteiger partial charge in [-0.25, -0.2) is 0 Å². The zero-order chi connectivity index (χ0) is 23.9. The molecule has 1 amide bonds. The first kappa shape index (κ1) is 23.2. The van der Waals surface area contributed by atoms with Crippen LogP contribution in [0, 0.1) is 0 Å². The Labute approximate surface area is 201 Å². The molecule has 1 aromatic heterocycles. The summed E-state index contributed by atoms with van der Waals surface area (Å²) in [6.07, 6.45) is 0. The molecule has 4 aromatic rings. The first-order valence-corrected chi connectivity index (χ1v) is 11.4. The summed E-state index contributed by atoms with van der Waals surface area (Å²) in [6.45, 7) is 0. The van der Waals surface area contributed by atoms with E-state index in [1.807, 2.05) is 59.2 Å². The summed E-state index contributed by atoms with van der Waals surface area (Å²) < 4.78 is 17.7. The van der Waals surface area contributed by atoms with Crippen LogP contribution in [0.1, 0.15) is 0 Å². The number of nitrogens with zero attached hydrogens (tertiary/aromatic N) is 3. The number of ether oxygens (including phenoxy) is 3. The Morgan fingerprint density at radius 2 is 1.50 bits per heavy atom. The topological polar surface area (TPSA) is 87.5 Å². The first-order chi connectivity index (χ1) is 16.6. The Bertz CT molecular complexity index is 1240. The largest absolute Gasteiger partial charge is 0.497 e. The van der Waals surface area contributed by atoms with Crippen molar-refractivity contribution in [2.45, 2.75) is 5.16 Å². The molecule has 3 aromatic carbocycles. The first-order valence-electron chi connectivity index (χ1n) is 10.4. The lowest BCUT2D eigenvalue weighted by molar-refractivity contribution is -0.113. The summed E-state index contributed by atoms with van der Waals surface area (Å²) >= 11 is 1.30. The highest BCUT2D eigenvalue weighted by molar-refractivity contribution is 7.99. The molecule has 34 heavy (non-hydrogen) atoms. The van der Waals surface area contributed by atoms with E-state index in [-0.39, 0.29) is 11.7 Å². The van der Waals surface area contributed by atoms with Crippen molar-refractivity contribution in [1.82, 2.24) is 14.8 Å². The zero-order valence-corrected chi connectivity index (χ0v) is 19.8. The van der Waals surface area contributed by atoms with Crippen LogP contribution in [-0.4, -0.2) is 47.8 Å². The predicted octanol–water partition coefficient (Wildman–Crippen LogP) is 4.69. The predicted molar refractivity (Wildman–Crippen MR) is 132 cm³/mol. The van der Waals surface area contributed by atoms with Crippen LogP contribution in [0.4, 0.5) is 5.69 Å². The number of carbonyl (C=O) groups excluding carboxylic acids is 1. The third-order valence-electron chi connectivity index (χ3n) is 4.96. The summed E-state index contributed by atoms with van der Waals surface area (Å²) in [6, 6.07) is 22.6. The van der Waals surface area contributed by atoms with Gasteiger partial charge < -0.3 is 19.5 Å². The van der Waals surface area contributed by atoms with E-state index in [9.17, 15) is 4.79 Å². The molecule has 1 N–H and O–H groups in total. The van der Waals surface area contributed by atoms with Gasteiger partial charge >= 0.3 is 0 Å². The van der Waals surface area contributed by atoms with E-state index in [2.05, 4.69) is 15.5 Å². The van der Waals surface area contributed by atoms with Crippen molar-refractivity contribution in [2.75, 3.05) is 32.4 Å². The second-order valence-electron chi connectivity index (χ2n) is 7.14. The lowest BCUT2D eigenvalue weighted by atomic mass is 10.2. The number of benzene rings is 3. The molecule has 0 atom stereocenters. The molecule has 1 heterocycles. The van der Waals surface area contributed by atoms with Crippen molar-refractivity contribution in [3.05, 3.63) is 72.8 Å². The SMILES string of the molecule is COc1ccc(-n2c(SCC(=O)Nc3cc(OC)cc(OC)c3)nnc2-c2ccccc2)cc1. The smallest absolute Gasteiger partial charge is 0.234 e. The molecule has 0 bridgehead atoms. The van der Waals surface area contributed by atoms with E-state index in [1.165, 1.54) is 11.8 Å². The minimum atomic E-state index is -0.189. The standard InChI is InChI=1S/C25H24N4O4S/c1-31-20-11-9-19(10-12-20)29-24(17-7-5-4-6-8-17)27-28-25(29)34-16-23(30)26-18-13-21(32-2)15-22(14-18)33-3/h4-15H,16H2,1-3H3,(H,26,30). The van der Waals surface area contributed by atoms with Gasteiger partial charge in [0.2, 0.25) is 5.91 Å². The van der Waals surface area contributed by atoms with Crippen LogP contribution < -0.4 is 19.5 Å². The van der Waals surface area contributed by atoms with Gasteiger partial charge in [-0.15, -0.1) is 10.2 Å². The number of thioether (sulfide) groups is 1. The zero-order valence-electron chi connectivity index (χ0n) is 19.0. The van der Waals surface area contributed by atoms with E-state index in [0.717, 1.165) is 17.0 Å². The number of aromatic nitrogens is 3. The molecule has 0 aliphatic carbocycles. The summed E-state index contributed by atoms with van der Waals surface area (Å²) in [4.78, 5) is 12.7. The van der Waals surface area contributed by atoms with E-state index in [1.54, 1.807) is 39.5 Å². The number of carbonyl (C=O) groups is 1. The molecule has 0 unspecified atom stereocenters. The third kappa shape index (κ3) is 5.32. The van der Waals surface area contributed by atoms with Crippen molar-refractivity contribution in [2.24, 2.45) is 0 Å². The molecule has 8 nitrogen and oxygen atoms in total.